The number of aromatic hydroxyl groups is 1. The summed E-state index contributed by atoms with van der Waals surface area (Å²) in [6, 6.07) is 8.57. The first-order valence-electron chi connectivity index (χ1n) is 10.3. The number of ketones is 1. The van der Waals surface area contributed by atoms with Crippen molar-refractivity contribution in [1.29, 1.82) is 0 Å². The summed E-state index contributed by atoms with van der Waals surface area (Å²) in [4.78, 5) is 23.0. The first kappa shape index (κ1) is 24.5. The van der Waals surface area contributed by atoms with Crippen molar-refractivity contribution in [3.63, 3.8) is 0 Å². The lowest BCUT2D eigenvalue weighted by Gasteiger charge is -2.15. The molecule has 0 amide bonds. The minimum Gasteiger partial charge on any atom is -0.507 e. The highest BCUT2D eigenvalue weighted by Gasteiger charge is 2.15. The van der Waals surface area contributed by atoms with Crippen LogP contribution in [0, 0.1) is 0 Å². The number of unbranched alkanes of at least 4 members (excludes halogenated alkanes) is 1. The molecule has 0 bridgehead atoms. The molecule has 0 unspecified atom stereocenters. The van der Waals surface area contributed by atoms with Gasteiger partial charge in [-0.3, -0.25) is 9.59 Å². The summed E-state index contributed by atoms with van der Waals surface area (Å²) in [5, 5.41) is 10.8. The molecule has 168 valence electrons. The molecule has 0 aliphatic rings. The fourth-order valence-electron chi connectivity index (χ4n) is 3.11. The quantitative estimate of drug-likeness (QED) is 0.274. The molecule has 0 heterocycles. The van der Waals surface area contributed by atoms with E-state index < -0.39 is 0 Å². The highest BCUT2D eigenvalue weighted by atomic mass is 35.5. The van der Waals surface area contributed by atoms with Crippen molar-refractivity contribution in [2.45, 2.75) is 46.0 Å². The molecule has 0 atom stereocenters. The van der Waals surface area contributed by atoms with Crippen LogP contribution in [0.25, 0.3) is 0 Å². The average Bonchev–Trinajstić information content (AvgIpc) is 2.73. The molecule has 0 aliphatic heterocycles. The molecule has 0 spiro atoms. The molecule has 0 saturated heterocycles. The zero-order valence-electron chi connectivity index (χ0n) is 18.2. The maximum Gasteiger partial charge on any atom is 0.309 e. The Bertz CT molecular complexity index is 909. The van der Waals surface area contributed by atoms with E-state index in [-0.39, 0.29) is 23.9 Å². The Morgan fingerprint density at radius 3 is 2.26 bits per heavy atom. The van der Waals surface area contributed by atoms with Gasteiger partial charge >= 0.3 is 5.97 Å². The normalized spacial score (nSPS) is 10.6. The molecule has 31 heavy (non-hydrogen) atoms. The fourth-order valence-corrected chi connectivity index (χ4v) is 3.36. The lowest BCUT2D eigenvalue weighted by Crippen LogP contribution is -2.06. The van der Waals surface area contributed by atoms with Crippen LogP contribution in [-0.2, 0) is 22.4 Å². The van der Waals surface area contributed by atoms with E-state index in [1.807, 2.05) is 6.92 Å². The Kier molecular flexibility index (Phi) is 9.66. The third-order valence-corrected chi connectivity index (χ3v) is 5.04. The van der Waals surface area contributed by atoms with E-state index in [4.69, 9.17) is 21.1 Å². The second-order valence-corrected chi connectivity index (χ2v) is 7.57. The van der Waals surface area contributed by atoms with Gasteiger partial charge in [0.1, 0.15) is 17.2 Å². The van der Waals surface area contributed by atoms with Crippen LogP contribution in [0.3, 0.4) is 0 Å². The van der Waals surface area contributed by atoms with Crippen LogP contribution < -0.4 is 9.47 Å². The first-order chi connectivity index (χ1) is 14.9. The number of rotatable bonds is 12. The molecule has 2 aromatic rings. The molecule has 0 saturated carbocycles. The third kappa shape index (κ3) is 7.17. The number of Topliss-reactive ketones (excluding diaryl/α,β-unsaturated/α-hetero) is 1. The zero-order chi connectivity index (χ0) is 22.8. The Hall–Kier alpha value is -2.73. The average molecular weight is 449 g/mol. The molecule has 6 nitrogen and oxygen atoms in total. The van der Waals surface area contributed by atoms with E-state index in [2.05, 4.69) is 4.74 Å². The van der Waals surface area contributed by atoms with Crippen molar-refractivity contribution in [2.75, 3.05) is 20.3 Å². The molecule has 1 N–H and O–H groups in total. The molecular weight excluding hydrogens is 420 g/mol. The molecule has 0 aliphatic carbocycles. The van der Waals surface area contributed by atoms with Crippen LogP contribution >= 0.6 is 11.6 Å². The second-order valence-electron chi connectivity index (χ2n) is 7.17. The molecular formula is C24H29ClO6. The van der Waals surface area contributed by atoms with E-state index in [0.29, 0.717) is 47.3 Å². The molecule has 7 heteroatoms. The molecule has 2 rings (SSSR count). The van der Waals surface area contributed by atoms with Gasteiger partial charge in [-0.2, -0.15) is 0 Å². The van der Waals surface area contributed by atoms with Crippen molar-refractivity contribution >= 4 is 23.4 Å². The van der Waals surface area contributed by atoms with Gasteiger partial charge in [0.25, 0.3) is 0 Å². The number of carbonyl (C=O) groups is 2. The molecule has 2 aromatic carbocycles. The Morgan fingerprint density at radius 2 is 1.68 bits per heavy atom. The summed E-state index contributed by atoms with van der Waals surface area (Å²) >= 11 is 6.22. The van der Waals surface area contributed by atoms with Gasteiger partial charge in [-0.15, -0.1) is 0 Å². The van der Waals surface area contributed by atoms with E-state index >= 15 is 0 Å². The highest BCUT2D eigenvalue weighted by Crippen LogP contribution is 2.33. The van der Waals surface area contributed by atoms with Crippen molar-refractivity contribution in [3.05, 3.63) is 52.0 Å². The summed E-state index contributed by atoms with van der Waals surface area (Å²) < 4.78 is 16.2. The van der Waals surface area contributed by atoms with E-state index in [9.17, 15) is 14.7 Å². The maximum absolute atomic E-state index is 11.6. The van der Waals surface area contributed by atoms with Gasteiger partial charge in [-0.05, 0) is 56.0 Å². The molecule has 0 radical (unpaired) electrons. The standard InChI is InChI=1S/C24H29ClO6/c1-4-7-19-21(11-9-18(16(2)26)24(19)28)30-12-5-6-13-31-22-10-8-17(14-20(22)25)15-23(27)29-3/h8-11,14,28H,4-7,12-13,15H2,1-3H3. The van der Waals surface area contributed by atoms with Crippen LogP contribution in [0.5, 0.6) is 17.2 Å². The summed E-state index contributed by atoms with van der Waals surface area (Å²) in [5.74, 6) is 0.688. The minimum absolute atomic E-state index is 0.0143. The summed E-state index contributed by atoms with van der Waals surface area (Å²) in [6.45, 7) is 4.37. The van der Waals surface area contributed by atoms with Gasteiger partial charge in [0.2, 0.25) is 0 Å². The minimum atomic E-state index is -0.323. The molecule has 0 fully saturated rings. The first-order valence-corrected chi connectivity index (χ1v) is 10.7. The number of hydrogen-bond donors (Lipinski definition) is 1. The predicted octanol–water partition coefficient (Wildman–Crippen LogP) is 5.15. The number of benzene rings is 2. The number of halogens is 1. The maximum atomic E-state index is 11.6. The largest absolute Gasteiger partial charge is 0.507 e. The van der Waals surface area contributed by atoms with Crippen LogP contribution in [-0.4, -0.2) is 37.2 Å². The SMILES string of the molecule is CCCc1c(OCCCCOc2ccc(CC(=O)OC)cc2Cl)ccc(C(C)=O)c1O. The summed E-state index contributed by atoms with van der Waals surface area (Å²) in [7, 11) is 1.35. The highest BCUT2D eigenvalue weighted by molar-refractivity contribution is 6.32. The van der Waals surface area contributed by atoms with Crippen LogP contribution in [0.4, 0.5) is 0 Å². The monoisotopic (exact) mass is 448 g/mol. The summed E-state index contributed by atoms with van der Waals surface area (Å²) in [5.41, 5.74) is 1.75. The van der Waals surface area contributed by atoms with E-state index in [1.54, 1.807) is 30.3 Å². The van der Waals surface area contributed by atoms with Gasteiger partial charge in [0.05, 0.1) is 37.3 Å². The van der Waals surface area contributed by atoms with Crippen LogP contribution in [0.15, 0.2) is 30.3 Å². The Labute approximate surface area is 188 Å². The fraction of sp³-hybridized carbons (Fsp3) is 0.417. The van der Waals surface area contributed by atoms with Crippen molar-refractivity contribution in [3.8, 4) is 17.2 Å². The lowest BCUT2D eigenvalue weighted by molar-refractivity contribution is -0.139. The number of phenolic OH excluding ortho intramolecular Hbond substituents is 1. The van der Waals surface area contributed by atoms with Gasteiger partial charge in [-0.25, -0.2) is 0 Å². The zero-order valence-corrected chi connectivity index (χ0v) is 19.0. The van der Waals surface area contributed by atoms with E-state index in [1.165, 1.54) is 14.0 Å². The van der Waals surface area contributed by atoms with Crippen molar-refractivity contribution in [1.82, 2.24) is 0 Å². The number of methoxy groups -OCH3 is 1. The number of ether oxygens (including phenoxy) is 3. The van der Waals surface area contributed by atoms with Crippen molar-refractivity contribution < 1.29 is 28.9 Å². The number of hydrogen-bond acceptors (Lipinski definition) is 6. The second kappa shape index (κ2) is 12.2. The number of esters is 1. The summed E-state index contributed by atoms with van der Waals surface area (Å²) in [6.07, 6.45) is 3.13. The van der Waals surface area contributed by atoms with Gasteiger partial charge < -0.3 is 19.3 Å². The van der Waals surface area contributed by atoms with Gasteiger partial charge in [-0.1, -0.05) is 31.0 Å². The lowest BCUT2D eigenvalue weighted by atomic mass is 10.0. The molecule has 0 aromatic heterocycles. The predicted molar refractivity (Wildman–Crippen MR) is 120 cm³/mol. The number of carbonyl (C=O) groups excluding carboxylic acids is 2. The number of phenols is 1. The van der Waals surface area contributed by atoms with Gasteiger partial charge in [0, 0.05) is 5.56 Å². The van der Waals surface area contributed by atoms with Crippen LogP contribution in [0.2, 0.25) is 5.02 Å². The smallest absolute Gasteiger partial charge is 0.309 e. The van der Waals surface area contributed by atoms with E-state index in [0.717, 1.165) is 24.8 Å². The topological polar surface area (TPSA) is 82.1 Å². The van der Waals surface area contributed by atoms with Gasteiger partial charge in [0.15, 0.2) is 5.78 Å². The third-order valence-electron chi connectivity index (χ3n) is 4.75. The Balaban J connectivity index is 1.82. The van der Waals surface area contributed by atoms with Crippen molar-refractivity contribution in [2.24, 2.45) is 0 Å². The Morgan fingerprint density at radius 1 is 1.03 bits per heavy atom. The van der Waals surface area contributed by atoms with Crippen LogP contribution in [0.1, 0.15) is 54.6 Å².